The van der Waals surface area contributed by atoms with Gasteiger partial charge in [0.1, 0.15) is 0 Å². The summed E-state index contributed by atoms with van der Waals surface area (Å²) in [5.41, 5.74) is 11.1. The zero-order chi connectivity index (χ0) is 27.1. The van der Waals surface area contributed by atoms with Crippen molar-refractivity contribution in [2.75, 3.05) is 0 Å². The molecule has 0 amide bonds. The molecule has 0 saturated heterocycles. The third-order valence-electron chi connectivity index (χ3n) is 7.43. The smallest absolute Gasteiger partial charge is 0.0105 e. The van der Waals surface area contributed by atoms with Crippen molar-refractivity contribution in [3.8, 4) is 33.4 Å². The number of hydrogen-bond donors (Lipinski definition) is 0. The van der Waals surface area contributed by atoms with Crippen LogP contribution in [0.5, 0.6) is 0 Å². The molecule has 192 valence electrons. The summed E-state index contributed by atoms with van der Waals surface area (Å²) in [5, 5.41) is 2.56. The fraction of sp³-hybridized carbons (Fsp3) is 0.0500. The van der Waals surface area contributed by atoms with E-state index in [9.17, 15) is 0 Å². The third-order valence-corrected chi connectivity index (χ3v) is 7.43. The van der Waals surface area contributed by atoms with Gasteiger partial charge in [0.25, 0.3) is 0 Å². The van der Waals surface area contributed by atoms with E-state index in [2.05, 4.69) is 171 Å². The van der Waals surface area contributed by atoms with Gasteiger partial charge in [0.05, 0.1) is 0 Å². The van der Waals surface area contributed by atoms with E-state index in [0.717, 1.165) is 6.42 Å². The molecule has 0 aliphatic rings. The molecule has 0 nitrogen and oxygen atoms in total. The minimum atomic E-state index is 0.988. The predicted octanol–water partition coefficient (Wildman–Crippen LogP) is 11.3. The van der Waals surface area contributed by atoms with Crippen molar-refractivity contribution in [3.63, 3.8) is 0 Å². The van der Waals surface area contributed by atoms with Crippen LogP contribution in [0.1, 0.15) is 24.5 Å². The van der Waals surface area contributed by atoms with Crippen LogP contribution in [0.4, 0.5) is 0 Å². The average molecular weight is 513 g/mol. The third kappa shape index (κ3) is 5.58. The Morgan fingerprint density at radius 2 is 1.05 bits per heavy atom. The summed E-state index contributed by atoms with van der Waals surface area (Å²) in [4.78, 5) is 0. The Labute approximate surface area is 237 Å². The maximum Gasteiger partial charge on any atom is -0.0105 e. The molecule has 6 rings (SSSR count). The monoisotopic (exact) mass is 512 g/mol. The van der Waals surface area contributed by atoms with Crippen LogP contribution in [0.3, 0.4) is 0 Å². The second-order valence-corrected chi connectivity index (χ2v) is 10.1. The second kappa shape index (κ2) is 11.8. The Morgan fingerprint density at radius 3 is 1.73 bits per heavy atom. The fourth-order valence-electron chi connectivity index (χ4n) is 5.28. The Balaban J connectivity index is 1.19. The first-order chi connectivity index (χ1) is 19.8. The molecule has 0 aromatic heterocycles. The van der Waals surface area contributed by atoms with E-state index in [4.69, 9.17) is 0 Å². The van der Waals surface area contributed by atoms with Gasteiger partial charge in [-0.15, -0.1) is 0 Å². The fourth-order valence-corrected chi connectivity index (χ4v) is 5.28. The highest BCUT2D eigenvalue weighted by atomic mass is 14.1. The minimum Gasteiger partial charge on any atom is -0.0769 e. The first kappa shape index (κ1) is 25.3. The summed E-state index contributed by atoms with van der Waals surface area (Å²) in [6, 6.07) is 52.2. The molecule has 0 heterocycles. The molecular formula is C40H32. The molecule has 0 bridgehead atoms. The van der Waals surface area contributed by atoms with Crippen molar-refractivity contribution < 1.29 is 0 Å². The maximum atomic E-state index is 2.30. The summed E-state index contributed by atoms with van der Waals surface area (Å²) < 4.78 is 0. The molecule has 6 aromatic carbocycles. The van der Waals surface area contributed by atoms with Crippen molar-refractivity contribution in [2.24, 2.45) is 0 Å². The van der Waals surface area contributed by atoms with Gasteiger partial charge in [-0.2, -0.15) is 0 Å². The van der Waals surface area contributed by atoms with E-state index < -0.39 is 0 Å². The topological polar surface area (TPSA) is 0 Å². The lowest BCUT2D eigenvalue weighted by Crippen LogP contribution is -1.85. The molecule has 0 atom stereocenters. The highest BCUT2D eigenvalue weighted by Gasteiger charge is 2.05. The van der Waals surface area contributed by atoms with E-state index in [1.54, 1.807) is 0 Å². The molecule has 0 spiro atoms. The van der Waals surface area contributed by atoms with Crippen molar-refractivity contribution in [2.45, 2.75) is 13.3 Å². The lowest BCUT2D eigenvalue weighted by atomic mass is 9.96. The van der Waals surface area contributed by atoms with Gasteiger partial charge >= 0.3 is 0 Å². The van der Waals surface area contributed by atoms with Gasteiger partial charge in [-0.3, -0.25) is 0 Å². The Hall–Kier alpha value is -4.94. The van der Waals surface area contributed by atoms with E-state index >= 15 is 0 Å². The van der Waals surface area contributed by atoms with E-state index in [1.165, 1.54) is 60.9 Å². The second-order valence-electron chi connectivity index (χ2n) is 10.1. The highest BCUT2D eigenvalue weighted by Crippen LogP contribution is 2.30. The van der Waals surface area contributed by atoms with Gasteiger partial charge < -0.3 is 0 Å². The summed E-state index contributed by atoms with van der Waals surface area (Å²) in [5.74, 6) is 0. The van der Waals surface area contributed by atoms with Gasteiger partial charge in [-0.05, 0) is 67.3 Å². The number of hydrogen-bond acceptors (Lipinski definition) is 0. The molecule has 0 unspecified atom stereocenters. The standard InChI is InChI=1S/C40H32/c1-2-9-31(19-16-30-17-20-38(21-18-30)40-15-8-13-37-12-6-7-14-39(37)40)33-22-26-35(27-23-33)36-28-24-34(25-29-36)32-10-4-3-5-11-32/h3-29H,2H2,1H3/b19-16-,31-9+. The molecule has 6 aromatic rings. The number of rotatable bonds is 7. The van der Waals surface area contributed by atoms with Crippen LogP contribution >= 0.6 is 0 Å². The van der Waals surface area contributed by atoms with Crippen LogP contribution in [-0.2, 0) is 0 Å². The van der Waals surface area contributed by atoms with E-state index in [-0.39, 0.29) is 0 Å². The van der Waals surface area contributed by atoms with Crippen LogP contribution in [0, 0.1) is 0 Å². The Kier molecular flexibility index (Phi) is 7.51. The van der Waals surface area contributed by atoms with E-state index in [0.29, 0.717) is 0 Å². The molecule has 0 aliphatic heterocycles. The van der Waals surface area contributed by atoms with Crippen LogP contribution < -0.4 is 0 Å². The average Bonchev–Trinajstić information content (AvgIpc) is 3.04. The molecule has 40 heavy (non-hydrogen) atoms. The Morgan fingerprint density at radius 1 is 0.500 bits per heavy atom. The largest absolute Gasteiger partial charge is 0.0769 e. The minimum absolute atomic E-state index is 0.988. The van der Waals surface area contributed by atoms with Crippen molar-refractivity contribution >= 4 is 22.4 Å². The van der Waals surface area contributed by atoms with Crippen molar-refractivity contribution in [1.82, 2.24) is 0 Å². The zero-order valence-corrected chi connectivity index (χ0v) is 22.8. The normalized spacial score (nSPS) is 11.8. The maximum absolute atomic E-state index is 2.30. The van der Waals surface area contributed by atoms with Crippen molar-refractivity contribution in [1.29, 1.82) is 0 Å². The van der Waals surface area contributed by atoms with Gasteiger partial charge in [0.15, 0.2) is 0 Å². The van der Waals surface area contributed by atoms with E-state index in [1.807, 2.05) is 0 Å². The summed E-state index contributed by atoms with van der Waals surface area (Å²) in [6.45, 7) is 2.19. The lowest BCUT2D eigenvalue weighted by Gasteiger charge is -2.08. The SMILES string of the molecule is CC/C=C(\C=C/c1ccc(-c2cccc3ccccc23)cc1)c1ccc(-c2ccc(-c3ccccc3)cc2)cc1. The molecule has 0 saturated carbocycles. The van der Waals surface area contributed by atoms with Crippen LogP contribution in [0.15, 0.2) is 158 Å². The lowest BCUT2D eigenvalue weighted by molar-refractivity contribution is 1.23. The summed E-state index contributed by atoms with van der Waals surface area (Å²) >= 11 is 0. The predicted molar refractivity (Wildman–Crippen MR) is 174 cm³/mol. The van der Waals surface area contributed by atoms with Gasteiger partial charge in [0, 0.05) is 0 Å². The molecule has 0 fully saturated rings. The first-order valence-electron chi connectivity index (χ1n) is 14.0. The molecular weight excluding hydrogens is 480 g/mol. The van der Waals surface area contributed by atoms with Crippen LogP contribution in [0.2, 0.25) is 0 Å². The van der Waals surface area contributed by atoms with Gasteiger partial charge in [-0.1, -0.05) is 171 Å². The summed E-state index contributed by atoms with van der Waals surface area (Å²) in [6.07, 6.45) is 7.73. The zero-order valence-electron chi connectivity index (χ0n) is 22.8. The van der Waals surface area contributed by atoms with Gasteiger partial charge in [0.2, 0.25) is 0 Å². The molecule has 0 heteroatoms. The highest BCUT2D eigenvalue weighted by molar-refractivity contribution is 5.96. The quantitative estimate of drug-likeness (QED) is 0.187. The van der Waals surface area contributed by atoms with Crippen LogP contribution in [-0.4, -0.2) is 0 Å². The summed E-state index contributed by atoms with van der Waals surface area (Å²) in [7, 11) is 0. The molecule has 0 aliphatic carbocycles. The number of fused-ring (bicyclic) bond motifs is 1. The van der Waals surface area contributed by atoms with Gasteiger partial charge in [-0.25, -0.2) is 0 Å². The molecule has 0 N–H and O–H groups in total. The van der Waals surface area contributed by atoms with Crippen LogP contribution in [0.25, 0.3) is 55.8 Å². The first-order valence-corrected chi connectivity index (χ1v) is 14.0. The number of allylic oxidation sites excluding steroid dienone is 3. The van der Waals surface area contributed by atoms with Crippen molar-refractivity contribution in [3.05, 3.63) is 169 Å². The number of benzene rings is 6. The Bertz CT molecular complexity index is 1760. The molecule has 0 radical (unpaired) electrons.